The molecule has 112 valence electrons. The molecule has 0 bridgehead atoms. The van der Waals surface area contributed by atoms with Crippen molar-refractivity contribution in [2.45, 2.75) is 13.8 Å². The highest BCUT2D eigenvalue weighted by molar-refractivity contribution is 7.25. The zero-order chi connectivity index (χ0) is 15.5. The summed E-state index contributed by atoms with van der Waals surface area (Å²) < 4.78 is 7.35. The van der Waals surface area contributed by atoms with Crippen LogP contribution in [0.1, 0.15) is 13.8 Å². The smallest absolute Gasteiger partial charge is 0.354 e. The van der Waals surface area contributed by atoms with Gasteiger partial charge < -0.3 is 4.74 Å². The molecular formula is C17H16N2O2S. The van der Waals surface area contributed by atoms with Crippen molar-refractivity contribution in [2.24, 2.45) is 5.10 Å². The molecule has 2 aromatic carbocycles. The minimum Gasteiger partial charge on any atom is -0.461 e. The average molecular weight is 312 g/mol. The molecule has 1 N–H and O–H groups in total. The van der Waals surface area contributed by atoms with E-state index in [2.05, 4.69) is 28.7 Å². The maximum absolute atomic E-state index is 11.5. The lowest BCUT2D eigenvalue weighted by atomic mass is 10.1. The number of benzene rings is 2. The number of hydrazone groups is 1. The van der Waals surface area contributed by atoms with Crippen molar-refractivity contribution in [1.82, 2.24) is 0 Å². The number of thiophene rings is 1. The van der Waals surface area contributed by atoms with Gasteiger partial charge in [0.25, 0.3) is 0 Å². The van der Waals surface area contributed by atoms with Crippen molar-refractivity contribution >= 4 is 48.9 Å². The number of nitrogens with one attached hydrogen (secondary N) is 1. The van der Waals surface area contributed by atoms with Crippen molar-refractivity contribution in [3.63, 3.8) is 0 Å². The first kappa shape index (κ1) is 14.5. The van der Waals surface area contributed by atoms with Gasteiger partial charge in [-0.2, -0.15) is 5.10 Å². The first-order valence-corrected chi connectivity index (χ1v) is 7.89. The molecule has 0 spiro atoms. The van der Waals surface area contributed by atoms with Crippen molar-refractivity contribution < 1.29 is 9.53 Å². The molecule has 0 amide bonds. The minimum absolute atomic E-state index is 0.304. The molecule has 0 atom stereocenters. The van der Waals surface area contributed by atoms with E-state index in [0.717, 1.165) is 5.69 Å². The monoisotopic (exact) mass is 312 g/mol. The quantitative estimate of drug-likeness (QED) is 0.441. The van der Waals surface area contributed by atoms with E-state index in [1.807, 2.05) is 24.3 Å². The Morgan fingerprint density at radius 3 is 2.77 bits per heavy atom. The predicted octanol–water partition coefficient (Wildman–Crippen LogP) is 4.41. The zero-order valence-corrected chi connectivity index (χ0v) is 13.2. The van der Waals surface area contributed by atoms with Crippen molar-refractivity contribution in [2.75, 3.05) is 12.0 Å². The fourth-order valence-corrected chi connectivity index (χ4v) is 3.37. The second kappa shape index (κ2) is 6.15. The number of hydrogen-bond acceptors (Lipinski definition) is 5. The second-order valence-corrected chi connectivity index (χ2v) is 5.92. The SMILES string of the molecule is CCOC(=O)C(C)=NNc1ccc2c(c1)sc1ccccc12. The molecule has 0 saturated carbocycles. The summed E-state index contributed by atoms with van der Waals surface area (Å²) in [5.41, 5.74) is 4.07. The lowest BCUT2D eigenvalue weighted by Crippen LogP contribution is -2.15. The molecule has 4 nitrogen and oxygen atoms in total. The maximum Gasteiger partial charge on any atom is 0.354 e. The number of anilines is 1. The normalized spacial score (nSPS) is 11.8. The molecule has 0 aliphatic heterocycles. The summed E-state index contributed by atoms with van der Waals surface area (Å²) in [5, 5.41) is 6.57. The lowest BCUT2D eigenvalue weighted by molar-refractivity contribution is -0.135. The molecule has 0 aliphatic rings. The lowest BCUT2D eigenvalue weighted by Gasteiger charge is -2.03. The molecular weight excluding hydrogens is 296 g/mol. The highest BCUT2D eigenvalue weighted by Crippen LogP contribution is 2.34. The van der Waals surface area contributed by atoms with Crippen LogP contribution in [-0.4, -0.2) is 18.3 Å². The summed E-state index contributed by atoms with van der Waals surface area (Å²) in [6, 6.07) is 14.4. The van der Waals surface area contributed by atoms with Crippen molar-refractivity contribution in [3.8, 4) is 0 Å². The summed E-state index contributed by atoms with van der Waals surface area (Å²) in [6.45, 7) is 3.75. The molecule has 0 fully saturated rings. The van der Waals surface area contributed by atoms with Crippen LogP contribution < -0.4 is 5.43 Å². The number of ether oxygens (including phenoxy) is 1. The van der Waals surface area contributed by atoms with Crippen LogP contribution in [-0.2, 0) is 9.53 Å². The Bertz CT molecular complexity index is 867. The van der Waals surface area contributed by atoms with E-state index in [9.17, 15) is 4.79 Å². The Kier molecular flexibility index (Phi) is 4.06. The highest BCUT2D eigenvalue weighted by atomic mass is 32.1. The molecule has 22 heavy (non-hydrogen) atoms. The molecule has 0 unspecified atom stereocenters. The second-order valence-electron chi connectivity index (χ2n) is 4.84. The topological polar surface area (TPSA) is 50.7 Å². The molecule has 3 rings (SSSR count). The van der Waals surface area contributed by atoms with Crippen LogP contribution in [0.15, 0.2) is 47.6 Å². The number of hydrogen-bond donors (Lipinski definition) is 1. The Hall–Kier alpha value is -2.40. The van der Waals surface area contributed by atoms with Crippen LogP contribution in [0, 0.1) is 0 Å². The average Bonchev–Trinajstić information content (AvgIpc) is 2.90. The van der Waals surface area contributed by atoms with Gasteiger partial charge in [0.2, 0.25) is 0 Å². The largest absolute Gasteiger partial charge is 0.461 e. The Morgan fingerprint density at radius 1 is 1.18 bits per heavy atom. The van der Waals surface area contributed by atoms with E-state index in [1.165, 1.54) is 20.2 Å². The van der Waals surface area contributed by atoms with Gasteiger partial charge in [-0.25, -0.2) is 4.79 Å². The van der Waals surface area contributed by atoms with Gasteiger partial charge >= 0.3 is 5.97 Å². The van der Waals surface area contributed by atoms with Gasteiger partial charge in [-0.15, -0.1) is 11.3 Å². The Labute approximate surface area is 132 Å². The third-order valence-electron chi connectivity index (χ3n) is 3.30. The van der Waals surface area contributed by atoms with E-state index < -0.39 is 5.97 Å². The van der Waals surface area contributed by atoms with Gasteiger partial charge in [-0.05, 0) is 32.0 Å². The molecule has 3 aromatic rings. The van der Waals surface area contributed by atoms with E-state index in [-0.39, 0.29) is 0 Å². The first-order valence-electron chi connectivity index (χ1n) is 7.07. The van der Waals surface area contributed by atoms with E-state index >= 15 is 0 Å². The summed E-state index contributed by atoms with van der Waals surface area (Å²) in [6.07, 6.45) is 0. The molecule has 5 heteroatoms. The maximum atomic E-state index is 11.5. The van der Waals surface area contributed by atoms with Crippen LogP contribution in [0.2, 0.25) is 0 Å². The molecule has 0 radical (unpaired) electrons. The predicted molar refractivity (Wildman–Crippen MR) is 92.7 cm³/mol. The highest BCUT2D eigenvalue weighted by Gasteiger charge is 2.07. The molecule has 1 aromatic heterocycles. The fourth-order valence-electron chi connectivity index (χ4n) is 2.23. The van der Waals surface area contributed by atoms with Crippen LogP contribution in [0.25, 0.3) is 20.2 Å². The van der Waals surface area contributed by atoms with E-state index in [4.69, 9.17) is 4.74 Å². The molecule has 0 aliphatic carbocycles. The molecule has 0 saturated heterocycles. The van der Waals surface area contributed by atoms with E-state index in [1.54, 1.807) is 25.2 Å². The van der Waals surface area contributed by atoms with Gasteiger partial charge in [-0.3, -0.25) is 5.43 Å². The number of fused-ring (bicyclic) bond motifs is 3. The van der Waals surface area contributed by atoms with Gasteiger partial charge in [-0.1, -0.05) is 24.3 Å². The summed E-state index contributed by atoms with van der Waals surface area (Å²) >= 11 is 1.74. The Morgan fingerprint density at radius 2 is 1.95 bits per heavy atom. The van der Waals surface area contributed by atoms with E-state index in [0.29, 0.717) is 12.3 Å². The zero-order valence-electron chi connectivity index (χ0n) is 12.4. The van der Waals surface area contributed by atoms with Gasteiger partial charge in [0.05, 0.1) is 12.3 Å². The fraction of sp³-hybridized carbons (Fsp3) is 0.176. The van der Waals surface area contributed by atoms with Crippen LogP contribution in [0.5, 0.6) is 0 Å². The van der Waals surface area contributed by atoms with Gasteiger partial charge in [0.1, 0.15) is 5.71 Å². The number of nitrogens with zero attached hydrogens (tertiary/aromatic N) is 1. The first-order chi connectivity index (χ1) is 10.7. The minimum atomic E-state index is -0.405. The van der Waals surface area contributed by atoms with Gasteiger partial charge in [0, 0.05) is 20.2 Å². The number of esters is 1. The number of rotatable bonds is 4. The molecule has 1 heterocycles. The summed E-state index contributed by atoms with van der Waals surface area (Å²) in [7, 11) is 0. The van der Waals surface area contributed by atoms with Crippen LogP contribution in [0.4, 0.5) is 5.69 Å². The summed E-state index contributed by atoms with van der Waals surface area (Å²) in [5.74, 6) is -0.405. The van der Waals surface area contributed by atoms with Crippen molar-refractivity contribution in [3.05, 3.63) is 42.5 Å². The van der Waals surface area contributed by atoms with Crippen molar-refractivity contribution in [1.29, 1.82) is 0 Å². The Balaban J connectivity index is 1.88. The summed E-state index contributed by atoms with van der Waals surface area (Å²) in [4.78, 5) is 11.5. The number of carbonyl (C=O) groups is 1. The third-order valence-corrected chi connectivity index (χ3v) is 4.44. The number of carbonyl (C=O) groups excluding carboxylic acids is 1. The third kappa shape index (κ3) is 2.80. The standard InChI is InChI=1S/C17H16N2O2S/c1-3-21-17(20)11(2)18-19-12-8-9-14-13-6-4-5-7-15(13)22-16(14)10-12/h4-10,19H,3H2,1-2H3. The van der Waals surface area contributed by atoms with Crippen LogP contribution >= 0.6 is 11.3 Å². The van der Waals surface area contributed by atoms with Gasteiger partial charge in [0.15, 0.2) is 0 Å². The van der Waals surface area contributed by atoms with Crippen LogP contribution in [0.3, 0.4) is 0 Å².